The summed E-state index contributed by atoms with van der Waals surface area (Å²) in [6.45, 7) is 0. The molecule has 0 aromatic carbocycles. The lowest BCUT2D eigenvalue weighted by atomic mass is 10.3. The van der Waals surface area contributed by atoms with E-state index in [0.29, 0.717) is 6.42 Å². The first-order valence-corrected chi connectivity index (χ1v) is 4.67. The molecule has 0 aliphatic carbocycles. The molecule has 0 spiro atoms. The van der Waals surface area contributed by atoms with Crippen molar-refractivity contribution < 1.29 is 4.79 Å². The van der Waals surface area contributed by atoms with Gasteiger partial charge in [0.25, 0.3) is 0 Å². The van der Waals surface area contributed by atoms with E-state index in [0.717, 1.165) is 22.0 Å². The van der Waals surface area contributed by atoms with Gasteiger partial charge in [-0.15, -0.1) is 0 Å². The molecule has 2 heterocycles. The van der Waals surface area contributed by atoms with Crippen LogP contribution in [0.3, 0.4) is 0 Å². The zero-order chi connectivity index (χ0) is 9.26. The molecule has 4 heteroatoms. The second-order valence-corrected chi connectivity index (χ2v) is 3.45. The van der Waals surface area contributed by atoms with Crippen LogP contribution in [0, 0.1) is 0 Å². The van der Waals surface area contributed by atoms with Gasteiger partial charge in [0.05, 0.1) is 15.7 Å². The summed E-state index contributed by atoms with van der Waals surface area (Å²) < 4.78 is 2.66. The fraction of sp³-hybridized carbons (Fsp3) is 0.111. The SMILES string of the molecule is O=CCc1nn2ccccc2c1Br. The number of fused-ring (bicyclic) bond motifs is 1. The number of pyridine rings is 1. The van der Waals surface area contributed by atoms with Crippen molar-refractivity contribution in [3.8, 4) is 0 Å². The summed E-state index contributed by atoms with van der Waals surface area (Å²) in [6, 6.07) is 5.79. The molecule has 0 aliphatic heterocycles. The third-order valence-electron chi connectivity index (χ3n) is 1.82. The van der Waals surface area contributed by atoms with Gasteiger partial charge in [-0.05, 0) is 28.1 Å². The molecule has 2 aromatic heterocycles. The van der Waals surface area contributed by atoms with Gasteiger partial charge in [0.1, 0.15) is 6.29 Å². The first-order chi connectivity index (χ1) is 6.33. The Hall–Kier alpha value is -1.16. The third-order valence-corrected chi connectivity index (χ3v) is 2.69. The Labute approximate surface area is 83.5 Å². The fourth-order valence-electron chi connectivity index (χ4n) is 1.23. The lowest BCUT2D eigenvalue weighted by Gasteiger charge is -1.88. The maximum Gasteiger partial charge on any atom is 0.126 e. The fourth-order valence-corrected chi connectivity index (χ4v) is 1.78. The van der Waals surface area contributed by atoms with Crippen molar-refractivity contribution in [1.82, 2.24) is 9.61 Å². The van der Waals surface area contributed by atoms with Gasteiger partial charge in [-0.3, -0.25) is 0 Å². The molecule has 0 bridgehead atoms. The lowest BCUT2D eigenvalue weighted by molar-refractivity contribution is -0.107. The number of hydrogen-bond donors (Lipinski definition) is 0. The number of hydrogen-bond acceptors (Lipinski definition) is 2. The molecule has 66 valence electrons. The number of halogens is 1. The quantitative estimate of drug-likeness (QED) is 0.749. The van der Waals surface area contributed by atoms with Crippen LogP contribution >= 0.6 is 15.9 Å². The van der Waals surface area contributed by atoms with Crippen molar-refractivity contribution in [1.29, 1.82) is 0 Å². The average Bonchev–Trinajstić information content (AvgIpc) is 2.46. The zero-order valence-electron chi connectivity index (χ0n) is 6.77. The molecule has 0 fully saturated rings. The van der Waals surface area contributed by atoms with Crippen LogP contribution in [0.25, 0.3) is 5.52 Å². The second kappa shape index (κ2) is 3.30. The monoisotopic (exact) mass is 238 g/mol. The highest BCUT2D eigenvalue weighted by atomic mass is 79.9. The molecule has 0 aliphatic rings. The molecule has 13 heavy (non-hydrogen) atoms. The van der Waals surface area contributed by atoms with Crippen molar-refractivity contribution >= 4 is 27.7 Å². The predicted octanol–water partition coefficient (Wildman–Crippen LogP) is 1.84. The van der Waals surface area contributed by atoms with Crippen molar-refractivity contribution in [2.75, 3.05) is 0 Å². The molecule has 0 N–H and O–H groups in total. The first kappa shape index (κ1) is 8.44. The smallest absolute Gasteiger partial charge is 0.126 e. The number of nitrogens with zero attached hydrogens (tertiary/aromatic N) is 2. The van der Waals surface area contributed by atoms with E-state index in [-0.39, 0.29) is 0 Å². The highest BCUT2D eigenvalue weighted by molar-refractivity contribution is 9.10. The summed E-state index contributed by atoms with van der Waals surface area (Å²) in [5.41, 5.74) is 1.76. The zero-order valence-corrected chi connectivity index (χ0v) is 8.36. The predicted molar refractivity (Wildman–Crippen MR) is 52.7 cm³/mol. The molecule has 2 aromatic rings. The molecule has 0 radical (unpaired) electrons. The summed E-state index contributed by atoms with van der Waals surface area (Å²) >= 11 is 3.41. The molecule has 3 nitrogen and oxygen atoms in total. The minimum Gasteiger partial charge on any atom is -0.303 e. The minimum atomic E-state index is 0.349. The van der Waals surface area contributed by atoms with Gasteiger partial charge in [0.2, 0.25) is 0 Å². The van der Waals surface area contributed by atoms with Gasteiger partial charge in [-0.1, -0.05) is 6.07 Å². The summed E-state index contributed by atoms with van der Waals surface area (Å²) in [4.78, 5) is 10.3. The van der Waals surface area contributed by atoms with Crippen molar-refractivity contribution in [2.45, 2.75) is 6.42 Å². The highest BCUT2D eigenvalue weighted by Crippen LogP contribution is 2.21. The number of aromatic nitrogens is 2. The van der Waals surface area contributed by atoms with E-state index in [2.05, 4.69) is 21.0 Å². The lowest BCUT2D eigenvalue weighted by Crippen LogP contribution is -1.89. The molecule has 0 saturated carbocycles. The Bertz CT molecular complexity index is 450. The summed E-state index contributed by atoms with van der Waals surface area (Å²) in [5, 5.41) is 4.24. The highest BCUT2D eigenvalue weighted by Gasteiger charge is 2.07. The van der Waals surface area contributed by atoms with Crippen LogP contribution in [0.15, 0.2) is 28.9 Å². The van der Waals surface area contributed by atoms with Gasteiger partial charge < -0.3 is 4.79 Å². The van der Waals surface area contributed by atoms with E-state index in [9.17, 15) is 4.79 Å². The van der Waals surface area contributed by atoms with E-state index < -0.39 is 0 Å². The van der Waals surface area contributed by atoms with Crippen LogP contribution in [0.5, 0.6) is 0 Å². The number of carbonyl (C=O) groups excluding carboxylic acids is 1. The van der Waals surface area contributed by atoms with Crippen LogP contribution < -0.4 is 0 Å². The summed E-state index contributed by atoms with van der Waals surface area (Å²) in [7, 11) is 0. The number of aldehydes is 1. The Morgan fingerprint density at radius 2 is 2.38 bits per heavy atom. The Balaban J connectivity index is 2.66. The van der Waals surface area contributed by atoms with Crippen molar-refractivity contribution in [3.63, 3.8) is 0 Å². The molecule has 0 atom stereocenters. The topological polar surface area (TPSA) is 34.4 Å². The van der Waals surface area contributed by atoms with Gasteiger partial charge in [0.15, 0.2) is 0 Å². The number of carbonyl (C=O) groups is 1. The van der Waals surface area contributed by atoms with Crippen molar-refractivity contribution in [3.05, 3.63) is 34.6 Å². The summed E-state index contributed by atoms with van der Waals surface area (Å²) in [6.07, 6.45) is 3.06. The largest absolute Gasteiger partial charge is 0.303 e. The van der Waals surface area contributed by atoms with Crippen LogP contribution in [0.1, 0.15) is 5.69 Å². The average molecular weight is 239 g/mol. The van der Waals surface area contributed by atoms with E-state index in [1.54, 1.807) is 4.52 Å². The van der Waals surface area contributed by atoms with Crippen LogP contribution in [-0.4, -0.2) is 15.9 Å². The number of rotatable bonds is 2. The van der Waals surface area contributed by atoms with E-state index in [1.807, 2.05) is 24.4 Å². The van der Waals surface area contributed by atoms with E-state index in [1.165, 1.54) is 0 Å². The summed E-state index contributed by atoms with van der Waals surface area (Å²) in [5.74, 6) is 0. The maximum absolute atomic E-state index is 10.3. The second-order valence-electron chi connectivity index (χ2n) is 2.66. The Kier molecular flexibility index (Phi) is 2.14. The molecule has 0 amide bonds. The first-order valence-electron chi connectivity index (χ1n) is 3.88. The molecular weight excluding hydrogens is 232 g/mol. The van der Waals surface area contributed by atoms with Gasteiger partial charge in [-0.2, -0.15) is 5.10 Å². The van der Waals surface area contributed by atoms with Crippen LogP contribution in [0.4, 0.5) is 0 Å². The van der Waals surface area contributed by atoms with E-state index in [4.69, 9.17) is 0 Å². The van der Waals surface area contributed by atoms with Crippen molar-refractivity contribution in [2.24, 2.45) is 0 Å². The Morgan fingerprint density at radius 1 is 1.54 bits per heavy atom. The normalized spacial score (nSPS) is 10.5. The molecule has 2 rings (SSSR count). The minimum absolute atomic E-state index is 0.349. The molecular formula is C9H7BrN2O. The van der Waals surface area contributed by atoms with Gasteiger partial charge in [-0.25, -0.2) is 4.52 Å². The van der Waals surface area contributed by atoms with Gasteiger partial charge in [0, 0.05) is 12.6 Å². The standard InChI is InChI=1S/C9H7BrN2O/c10-9-7(4-6-13)11-12-5-2-1-3-8(9)12/h1-3,5-6H,4H2. The molecule has 0 saturated heterocycles. The van der Waals surface area contributed by atoms with E-state index >= 15 is 0 Å². The van der Waals surface area contributed by atoms with Crippen LogP contribution in [0.2, 0.25) is 0 Å². The van der Waals surface area contributed by atoms with Gasteiger partial charge >= 0.3 is 0 Å². The van der Waals surface area contributed by atoms with Crippen LogP contribution in [-0.2, 0) is 11.2 Å². The third kappa shape index (κ3) is 1.37. The maximum atomic E-state index is 10.3. The Morgan fingerprint density at radius 3 is 3.08 bits per heavy atom. The molecule has 0 unspecified atom stereocenters.